The summed E-state index contributed by atoms with van der Waals surface area (Å²) in [6.45, 7) is 4.34. The molecule has 0 spiro atoms. The molecule has 1 fully saturated rings. The Morgan fingerprint density at radius 1 is 1.28 bits per heavy atom. The highest BCUT2D eigenvalue weighted by Gasteiger charge is 2.20. The zero-order valence-electron chi connectivity index (χ0n) is 11.2. The van der Waals surface area contributed by atoms with E-state index < -0.39 is 0 Å². The van der Waals surface area contributed by atoms with E-state index in [9.17, 15) is 0 Å². The van der Waals surface area contributed by atoms with Crippen LogP contribution < -0.4 is 5.73 Å². The van der Waals surface area contributed by atoms with Gasteiger partial charge in [-0.25, -0.2) is 0 Å². The van der Waals surface area contributed by atoms with Crippen molar-refractivity contribution < 1.29 is 0 Å². The van der Waals surface area contributed by atoms with Crippen LogP contribution in [0.25, 0.3) is 0 Å². The van der Waals surface area contributed by atoms with Crippen molar-refractivity contribution in [3.05, 3.63) is 28.2 Å². The van der Waals surface area contributed by atoms with Gasteiger partial charge in [-0.05, 0) is 43.1 Å². The number of nitrogen functional groups attached to an aromatic ring is 1. The van der Waals surface area contributed by atoms with Gasteiger partial charge in [0.05, 0.1) is 0 Å². The van der Waals surface area contributed by atoms with Crippen LogP contribution in [0.2, 0.25) is 0 Å². The Balaban J connectivity index is 2.06. The first kappa shape index (κ1) is 13.9. The summed E-state index contributed by atoms with van der Waals surface area (Å²) in [5.41, 5.74) is 8.23. The van der Waals surface area contributed by atoms with E-state index in [2.05, 4.69) is 33.8 Å². The summed E-state index contributed by atoms with van der Waals surface area (Å²) in [5.74, 6) is 0. The predicted molar refractivity (Wildman–Crippen MR) is 81.5 cm³/mol. The molecule has 0 aromatic heterocycles. The molecule has 0 atom stereocenters. The van der Waals surface area contributed by atoms with Crippen molar-refractivity contribution in [1.82, 2.24) is 4.90 Å². The van der Waals surface area contributed by atoms with Gasteiger partial charge < -0.3 is 5.73 Å². The summed E-state index contributed by atoms with van der Waals surface area (Å²) < 4.78 is 1.12. The molecule has 0 unspecified atom stereocenters. The monoisotopic (exact) mass is 310 g/mol. The number of benzene rings is 1. The van der Waals surface area contributed by atoms with Crippen LogP contribution in [0, 0.1) is 0 Å². The quantitative estimate of drug-likeness (QED) is 0.845. The lowest BCUT2D eigenvalue weighted by Gasteiger charge is -2.33. The first-order chi connectivity index (χ1) is 8.70. The van der Waals surface area contributed by atoms with E-state index in [1.165, 1.54) is 37.7 Å². The number of nitrogens with zero attached hydrogens (tertiary/aromatic N) is 1. The molecule has 2 N–H and O–H groups in total. The van der Waals surface area contributed by atoms with Crippen LogP contribution in [0.5, 0.6) is 0 Å². The largest absolute Gasteiger partial charge is 0.398 e. The first-order valence-corrected chi connectivity index (χ1v) is 7.78. The van der Waals surface area contributed by atoms with Crippen LogP contribution in [0.15, 0.2) is 22.7 Å². The molecule has 1 aromatic rings. The molecular weight excluding hydrogens is 288 g/mol. The molecular formula is C15H23BrN2. The molecule has 3 heteroatoms. The minimum Gasteiger partial charge on any atom is -0.398 e. The van der Waals surface area contributed by atoms with Crippen molar-refractivity contribution >= 4 is 21.6 Å². The summed E-state index contributed by atoms with van der Waals surface area (Å²) >= 11 is 3.53. The minimum atomic E-state index is 0.752. The molecule has 0 radical (unpaired) electrons. The second-order valence-electron chi connectivity index (χ2n) is 5.20. The van der Waals surface area contributed by atoms with Gasteiger partial charge in [-0.1, -0.05) is 42.1 Å². The molecule has 1 aliphatic carbocycles. The lowest BCUT2D eigenvalue weighted by atomic mass is 9.94. The molecule has 1 aliphatic rings. The van der Waals surface area contributed by atoms with Crippen LogP contribution in [0.1, 0.15) is 44.6 Å². The number of hydrogen-bond acceptors (Lipinski definition) is 2. The third-order valence-electron chi connectivity index (χ3n) is 3.98. The van der Waals surface area contributed by atoms with Gasteiger partial charge in [-0.2, -0.15) is 0 Å². The number of halogens is 1. The average Bonchev–Trinajstić information content (AvgIpc) is 2.41. The average molecular weight is 311 g/mol. The molecule has 1 aromatic carbocycles. The molecule has 2 nitrogen and oxygen atoms in total. The first-order valence-electron chi connectivity index (χ1n) is 6.98. The van der Waals surface area contributed by atoms with E-state index in [0.29, 0.717) is 0 Å². The number of rotatable bonds is 4. The molecule has 0 amide bonds. The predicted octanol–water partition coefficient (Wildman–Crippen LogP) is 4.19. The van der Waals surface area contributed by atoms with Gasteiger partial charge >= 0.3 is 0 Å². The van der Waals surface area contributed by atoms with Crippen LogP contribution in [0.4, 0.5) is 5.69 Å². The molecule has 18 heavy (non-hydrogen) atoms. The standard InChI is InChI=1S/C15H23BrN2/c1-2-18(14-6-4-3-5-7-14)11-12-10-13(16)8-9-15(12)17/h8-10,14H,2-7,11,17H2,1H3. The fraction of sp³-hybridized carbons (Fsp3) is 0.600. The van der Waals surface area contributed by atoms with Gasteiger partial charge in [0, 0.05) is 22.7 Å². The van der Waals surface area contributed by atoms with E-state index >= 15 is 0 Å². The van der Waals surface area contributed by atoms with E-state index in [1.807, 2.05) is 12.1 Å². The summed E-state index contributed by atoms with van der Waals surface area (Å²) in [7, 11) is 0. The lowest BCUT2D eigenvalue weighted by Crippen LogP contribution is -2.36. The summed E-state index contributed by atoms with van der Waals surface area (Å²) in [6.07, 6.45) is 6.88. The second kappa shape index (κ2) is 6.58. The van der Waals surface area contributed by atoms with Crippen LogP contribution in [-0.2, 0) is 6.54 Å². The van der Waals surface area contributed by atoms with E-state index in [1.54, 1.807) is 0 Å². The molecule has 100 valence electrons. The van der Waals surface area contributed by atoms with Crippen molar-refractivity contribution in [2.45, 2.75) is 51.6 Å². The maximum absolute atomic E-state index is 6.07. The Kier molecular flexibility index (Phi) is 5.07. The van der Waals surface area contributed by atoms with Gasteiger partial charge in [-0.3, -0.25) is 4.90 Å². The Morgan fingerprint density at radius 2 is 2.00 bits per heavy atom. The fourth-order valence-corrected chi connectivity index (χ4v) is 3.28. The zero-order valence-corrected chi connectivity index (χ0v) is 12.7. The maximum atomic E-state index is 6.07. The third-order valence-corrected chi connectivity index (χ3v) is 4.47. The normalized spacial score (nSPS) is 17.3. The lowest BCUT2D eigenvalue weighted by molar-refractivity contribution is 0.156. The molecule has 0 aliphatic heterocycles. The SMILES string of the molecule is CCN(Cc1cc(Br)ccc1N)C1CCCCC1. The summed E-state index contributed by atoms with van der Waals surface area (Å²) in [4.78, 5) is 2.58. The van der Waals surface area contributed by atoms with Crippen molar-refractivity contribution in [3.63, 3.8) is 0 Å². The number of anilines is 1. The highest BCUT2D eigenvalue weighted by Crippen LogP contribution is 2.26. The molecule has 1 saturated carbocycles. The minimum absolute atomic E-state index is 0.752. The van der Waals surface area contributed by atoms with Crippen molar-refractivity contribution in [2.75, 3.05) is 12.3 Å². The van der Waals surface area contributed by atoms with Crippen LogP contribution >= 0.6 is 15.9 Å². The topological polar surface area (TPSA) is 29.3 Å². The number of hydrogen-bond donors (Lipinski definition) is 1. The Morgan fingerprint density at radius 3 is 2.67 bits per heavy atom. The highest BCUT2D eigenvalue weighted by atomic mass is 79.9. The van der Waals surface area contributed by atoms with Crippen LogP contribution in [0.3, 0.4) is 0 Å². The van der Waals surface area contributed by atoms with E-state index in [4.69, 9.17) is 5.73 Å². The summed E-state index contributed by atoms with van der Waals surface area (Å²) in [5, 5.41) is 0. The Hall–Kier alpha value is -0.540. The Bertz CT molecular complexity index is 386. The van der Waals surface area contributed by atoms with Crippen molar-refractivity contribution in [3.8, 4) is 0 Å². The van der Waals surface area contributed by atoms with Gasteiger partial charge in [0.25, 0.3) is 0 Å². The van der Waals surface area contributed by atoms with Crippen LogP contribution in [-0.4, -0.2) is 17.5 Å². The van der Waals surface area contributed by atoms with E-state index in [0.717, 1.165) is 29.3 Å². The zero-order chi connectivity index (χ0) is 13.0. The number of nitrogens with two attached hydrogens (primary N) is 1. The van der Waals surface area contributed by atoms with Gasteiger partial charge in [0.15, 0.2) is 0 Å². The molecule has 0 saturated heterocycles. The van der Waals surface area contributed by atoms with E-state index in [-0.39, 0.29) is 0 Å². The molecule has 2 rings (SSSR count). The van der Waals surface area contributed by atoms with Gasteiger partial charge in [-0.15, -0.1) is 0 Å². The highest BCUT2D eigenvalue weighted by molar-refractivity contribution is 9.10. The van der Waals surface area contributed by atoms with Crippen molar-refractivity contribution in [2.24, 2.45) is 0 Å². The maximum Gasteiger partial charge on any atom is 0.0360 e. The molecule has 0 bridgehead atoms. The third kappa shape index (κ3) is 3.48. The van der Waals surface area contributed by atoms with Gasteiger partial charge in [0.2, 0.25) is 0 Å². The smallest absolute Gasteiger partial charge is 0.0360 e. The van der Waals surface area contributed by atoms with Crippen molar-refractivity contribution in [1.29, 1.82) is 0 Å². The summed E-state index contributed by atoms with van der Waals surface area (Å²) in [6, 6.07) is 6.91. The van der Waals surface area contributed by atoms with Gasteiger partial charge in [0.1, 0.15) is 0 Å². The second-order valence-corrected chi connectivity index (χ2v) is 6.11. The Labute approximate surface area is 119 Å². The fourth-order valence-electron chi connectivity index (χ4n) is 2.88. The molecule has 0 heterocycles.